The van der Waals surface area contributed by atoms with Crippen LogP contribution >= 0.6 is 23.2 Å². The first kappa shape index (κ1) is 29.8. The van der Waals surface area contributed by atoms with Crippen LogP contribution in [0.25, 0.3) is 0 Å². The second-order valence-corrected chi connectivity index (χ2v) is 12.6. The first-order chi connectivity index (χ1) is 22.0. The number of nitro benzene ring substituents is 1. The van der Waals surface area contributed by atoms with Gasteiger partial charge in [-0.3, -0.25) is 29.3 Å². The number of Topliss-reactive ketones (excluding diaryl/α,β-unsaturated/α-hetero) is 1. The number of benzene rings is 3. The summed E-state index contributed by atoms with van der Waals surface area (Å²) >= 11 is 12.2. The van der Waals surface area contributed by atoms with Crippen molar-refractivity contribution in [3.63, 3.8) is 0 Å². The van der Waals surface area contributed by atoms with Gasteiger partial charge >= 0.3 is 5.97 Å². The van der Waals surface area contributed by atoms with E-state index < -0.39 is 52.8 Å². The van der Waals surface area contributed by atoms with E-state index in [2.05, 4.69) is 0 Å². The predicted molar refractivity (Wildman–Crippen MR) is 163 cm³/mol. The summed E-state index contributed by atoms with van der Waals surface area (Å²) in [7, 11) is 0. The lowest BCUT2D eigenvalue weighted by Crippen LogP contribution is -2.52. The molecule has 3 fully saturated rings. The third-order valence-corrected chi connectivity index (χ3v) is 10.0. The molecule has 0 spiro atoms. The van der Waals surface area contributed by atoms with Gasteiger partial charge in [-0.1, -0.05) is 35.4 Å². The maximum absolute atomic E-state index is 13.9. The maximum Gasteiger partial charge on any atom is 0.343 e. The number of rotatable bonds is 8. The van der Waals surface area contributed by atoms with Crippen LogP contribution in [-0.4, -0.2) is 51.0 Å². The van der Waals surface area contributed by atoms with E-state index in [1.165, 1.54) is 66.7 Å². The van der Waals surface area contributed by atoms with Crippen molar-refractivity contribution in [3.8, 4) is 5.75 Å². The van der Waals surface area contributed by atoms with Crippen LogP contribution in [-0.2, 0) is 9.59 Å². The molecule has 0 radical (unpaired) electrons. The van der Waals surface area contributed by atoms with E-state index in [1.54, 1.807) is 0 Å². The summed E-state index contributed by atoms with van der Waals surface area (Å²) < 4.78 is 5.32. The maximum atomic E-state index is 13.9. The number of ketones is 1. The number of amides is 3. The van der Waals surface area contributed by atoms with Gasteiger partial charge in [-0.05, 0) is 84.7 Å². The van der Waals surface area contributed by atoms with Gasteiger partial charge in [-0.15, -0.1) is 0 Å². The van der Waals surface area contributed by atoms with Gasteiger partial charge in [0.1, 0.15) is 12.3 Å². The number of carbonyl (C=O) groups is 5. The van der Waals surface area contributed by atoms with E-state index in [-0.39, 0.29) is 50.0 Å². The molecule has 232 valence electrons. The Bertz CT molecular complexity index is 1840. The summed E-state index contributed by atoms with van der Waals surface area (Å²) in [5, 5.41) is 12.9. The summed E-state index contributed by atoms with van der Waals surface area (Å²) in [5.41, 5.74) is 0.0724. The van der Waals surface area contributed by atoms with Crippen LogP contribution in [0.2, 0.25) is 10.0 Å². The number of allylic oxidation sites excluding steroid dienone is 2. The van der Waals surface area contributed by atoms with Crippen molar-refractivity contribution in [2.24, 2.45) is 35.5 Å². The van der Waals surface area contributed by atoms with Gasteiger partial charge in [0.15, 0.2) is 5.78 Å². The summed E-state index contributed by atoms with van der Waals surface area (Å²) in [6.07, 6.45) is 5.00. The van der Waals surface area contributed by atoms with Crippen LogP contribution in [0.1, 0.15) is 37.5 Å². The van der Waals surface area contributed by atoms with Crippen molar-refractivity contribution in [3.05, 3.63) is 116 Å². The van der Waals surface area contributed by atoms with E-state index in [1.807, 2.05) is 12.2 Å². The highest BCUT2D eigenvalue weighted by Crippen LogP contribution is 2.65. The number of ether oxygens (including phenoxy) is 1. The number of nitro groups is 1. The molecule has 11 nitrogen and oxygen atoms in total. The fourth-order valence-electron chi connectivity index (χ4n) is 7.01. The van der Waals surface area contributed by atoms with E-state index >= 15 is 0 Å². The normalized spacial score (nSPS) is 25.1. The highest BCUT2D eigenvalue weighted by atomic mass is 35.5. The molecule has 1 aliphatic heterocycles. The number of nitrogens with zero attached hydrogens (tertiary/aromatic N) is 3. The Labute approximate surface area is 271 Å². The third-order valence-electron chi connectivity index (χ3n) is 9.28. The Kier molecular flexibility index (Phi) is 7.25. The van der Waals surface area contributed by atoms with Crippen molar-refractivity contribution in [2.45, 2.75) is 6.42 Å². The van der Waals surface area contributed by atoms with Crippen LogP contribution in [0, 0.1) is 45.6 Å². The second kappa shape index (κ2) is 11.2. The molecule has 6 atom stereocenters. The quantitative estimate of drug-likeness (QED) is 0.0593. The van der Waals surface area contributed by atoms with Gasteiger partial charge in [0, 0.05) is 23.3 Å². The molecule has 0 N–H and O–H groups in total. The predicted octanol–water partition coefficient (Wildman–Crippen LogP) is 5.41. The van der Waals surface area contributed by atoms with E-state index in [0.717, 1.165) is 16.4 Å². The standard InChI is InChI=1S/C33H23Cl2N3O8/c34-25-12-5-18(13-26(25)35)30(40)36(37-31(41)28-21-10-11-22(24-14-23(21)24)29(28)32(37)42)15-27(39)16-3-8-20(9-4-16)46-33(43)17-1-6-19(7-2-17)38(44)45/h1-13,21-24,28-29H,14-15H2/t21-,22-,23-,24+,28-,29+/m0/s1. The molecular formula is C33H23Cl2N3O8. The Morgan fingerprint density at radius 3 is 1.96 bits per heavy atom. The molecule has 3 aromatic carbocycles. The lowest BCUT2D eigenvalue weighted by molar-refractivity contribution is -0.384. The zero-order valence-electron chi connectivity index (χ0n) is 23.7. The van der Waals surface area contributed by atoms with Crippen molar-refractivity contribution in [1.82, 2.24) is 10.0 Å². The van der Waals surface area contributed by atoms with Gasteiger partial charge in [0.2, 0.25) is 0 Å². The summed E-state index contributed by atoms with van der Waals surface area (Å²) in [6, 6.07) is 14.5. The monoisotopic (exact) mass is 659 g/mol. The smallest absolute Gasteiger partial charge is 0.343 e. The van der Waals surface area contributed by atoms with Crippen LogP contribution in [0.4, 0.5) is 5.69 Å². The number of esters is 1. The zero-order valence-corrected chi connectivity index (χ0v) is 25.3. The minimum atomic E-state index is -0.772. The minimum Gasteiger partial charge on any atom is -0.423 e. The highest BCUT2D eigenvalue weighted by molar-refractivity contribution is 6.42. The van der Waals surface area contributed by atoms with Crippen LogP contribution in [0.15, 0.2) is 78.9 Å². The summed E-state index contributed by atoms with van der Waals surface area (Å²) in [6.45, 7) is -0.631. The molecule has 13 heteroatoms. The number of hydrogen-bond donors (Lipinski definition) is 0. The lowest BCUT2D eigenvalue weighted by atomic mass is 9.63. The number of carbonyl (C=O) groups excluding carboxylic acids is 5. The number of halogens is 2. The van der Waals surface area contributed by atoms with E-state index in [9.17, 15) is 34.1 Å². The molecule has 3 aromatic rings. The molecule has 8 rings (SSSR count). The fourth-order valence-corrected chi connectivity index (χ4v) is 7.31. The Morgan fingerprint density at radius 1 is 0.826 bits per heavy atom. The Morgan fingerprint density at radius 2 is 1.39 bits per heavy atom. The minimum absolute atomic E-state index is 0.0371. The number of imide groups is 1. The largest absolute Gasteiger partial charge is 0.423 e. The average molecular weight is 660 g/mol. The number of hydrazine groups is 1. The fraction of sp³-hybridized carbons (Fsp3) is 0.242. The topological polar surface area (TPSA) is 144 Å². The number of hydrogen-bond acceptors (Lipinski definition) is 8. The number of non-ortho nitro benzene ring substituents is 1. The van der Waals surface area contributed by atoms with Crippen LogP contribution in [0.3, 0.4) is 0 Å². The second-order valence-electron chi connectivity index (χ2n) is 11.8. The zero-order chi connectivity index (χ0) is 32.4. The Hall–Kier alpha value is -4.87. The molecule has 2 saturated carbocycles. The van der Waals surface area contributed by atoms with Crippen LogP contribution < -0.4 is 4.74 Å². The van der Waals surface area contributed by atoms with Crippen LogP contribution in [0.5, 0.6) is 5.75 Å². The molecule has 5 aliphatic rings. The molecule has 3 amide bonds. The molecule has 2 bridgehead atoms. The molecule has 0 aromatic heterocycles. The molecule has 0 unspecified atom stereocenters. The summed E-state index contributed by atoms with van der Waals surface area (Å²) in [5.74, 6) is -3.67. The third kappa shape index (κ3) is 4.96. The van der Waals surface area contributed by atoms with Gasteiger partial charge < -0.3 is 4.74 Å². The van der Waals surface area contributed by atoms with Crippen molar-refractivity contribution >= 4 is 58.4 Å². The van der Waals surface area contributed by atoms with Gasteiger partial charge in [0.25, 0.3) is 23.4 Å². The summed E-state index contributed by atoms with van der Waals surface area (Å²) in [4.78, 5) is 78.0. The van der Waals surface area contributed by atoms with Crippen molar-refractivity contribution in [1.29, 1.82) is 0 Å². The molecule has 46 heavy (non-hydrogen) atoms. The molecule has 1 heterocycles. The van der Waals surface area contributed by atoms with E-state index in [0.29, 0.717) is 11.8 Å². The van der Waals surface area contributed by atoms with Crippen molar-refractivity contribution < 1.29 is 33.6 Å². The Balaban J connectivity index is 1.12. The van der Waals surface area contributed by atoms with Gasteiger partial charge in [-0.2, -0.15) is 5.01 Å². The first-order valence-electron chi connectivity index (χ1n) is 14.5. The van der Waals surface area contributed by atoms with Crippen molar-refractivity contribution in [2.75, 3.05) is 6.54 Å². The first-order valence-corrected chi connectivity index (χ1v) is 15.2. The highest BCUT2D eigenvalue weighted by Gasteiger charge is 2.68. The van der Waals surface area contributed by atoms with E-state index in [4.69, 9.17) is 27.9 Å². The molecule has 1 saturated heterocycles. The molecule has 4 aliphatic carbocycles. The molecular weight excluding hydrogens is 637 g/mol. The lowest BCUT2D eigenvalue weighted by Gasteiger charge is -2.37. The SMILES string of the molecule is O=C(CN(C(=O)c1ccc(Cl)c(Cl)c1)N1C(=O)[C@@H]2[C@H]3C=C[C@@H]([C@@H]4C[C@H]34)[C@@H]2C1=O)c1ccc(OC(=O)c2ccc([N+](=O)[O-])cc2)cc1. The van der Waals surface area contributed by atoms with Gasteiger partial charge in [-0.25, -0.2) is 9.80 Å². The van der Waals surface area contributed by atoms with Gasteiger partial charge in [0.05, 0.1) is 32.4 Å². The average Bonchev–Trinajstić information content (AvgIpc) is 3.84.